The number of aromatic nitrogens is 3. The van der Waals surface area contributed by atoms with Crippen molar-refractivity contribution in [1.29, 1.82) is 0 Å². The van der Waals surface area contributed by atoms with Crippen LogP contribution in [0.5, 0.6) is 5.88 Å². The third-order valence-electron chi connectivity index (χ3n) is 3.10. The third-order valence-corrected chi connectivity index (χ3v) is 4.05. The van der Waals surface area contributed by atoms with Crippen molar-refractivity contribution in [3.8, 4) is 5.88 Å². The van der Waals surface area contributed by atoms with E-state index in [1.165, 1.54) is 10.9 Å². The first-order valence-corrected chi connectivity index (χ1v) is 8.91. The Morgan fingerprint density at radius 3 is 2.54 bits per heavy atom. The summed E-state index contributed by atoms with van der Waals surface area (Å²) >= 11 is 0. The van der Waals surface area contributed by atoms with Crippen molar-refractivity contribution < 1.29 is 35.3 Å². The summed E-state index contributed by atoms with van der Waals surface area (Å²) < 4.78 is 70.4. The van der Waals surface area contributed by atoms with E-state index < -0.39 is 27.5 Å². The fourth-order valence-corrected chi connectivity index (χ4v) is 2.49. The monoisotopic (exact) mass is 395 g/mol. The van der Waals surface area contributed by atoms with Crippen molar-refractivity contribution in [3.05, 3.63) is 17.8 Å². The highest BCUT2D eigenvalue weighted by Gasteiger charge is 2.49. The lowest BCUT2D eigenvalue weighted by Gasteiger charge is -2.11. The van der Waals surface area contributed by atoms with Crippen LogP contribution in [0.1, 0.15) is 31.1 Å². The molecule has 0 amide bonds. The highest BCUT2D eigenvalue weighted by molar-refractivity contribution is 7.87. The number of pyridine rings is 1. The minimum atomic E-state index is -5.94. The Kier molecular flexibility index (Phi) is 5.44. The van der Waals surface area contributed by atoms with Gasteiger partial charge in [-0.25, -0.2) is 9.48 Å². The molecule has 0 unspecified atom stereocenters. The zero-order valence-corrected chi connectivity index (χ0v) is 14.9. The van der Waals surface area contributed by atoms with Gasteiger partial charge in [0.1, 0.15) is 0 Å². The number of nitrogens with zero attached hydrogens (tertiary/aromatic N) is 3. The summed E-state index contributed by atoms with van der Waals surface area (Å²) in [6.45, 7) is 5.64. The molecule has 0 fully saturated rings. The smallest absolute Gasteiger partial charge is 0.462 e. The number of alkyl halides is 3. The number of halogens is 3. The number of hydrogen-bond donors (Lipinski definition) is 0. The summed E-state index contributed by atoms with van der Waals surface area (Å²) in [4.78, 5) is 15.9. The molecule has 0 atom stereocenters. The lowest BCUT2D eigenvalue weighted by molar-refractivity contribution is -0.0501. The van der Waals surface area contributed by atoms with E-state index in [9.17, 15) is 26.4 Å². The molecule has 0 aliphatic rings. The van der Waals surface area contributed by atoms with Crippen LogP contribution in [-0.4, -0.2) is 41.3 Å². The molecule has 0 saturated heterocycles. The van der Waals surface area contributed by atoms with E-state index in [0.29, 0.717) is 6.54 Å². The molecule has 2 rings (SSSR count). The summed E-state index contributed by atoms with van der Waals surface area (Å²) in [7, 11) is -5.94. The highest BCUT2D eigenvalue weighted by atomic mass is 32.2. The van der Waals surface area contributed by atoms with Gasteiger partial charge in [0.25, 0.3) is 0 Å². The van der Waals surface area contributed by atoms with E-state index in [2.05, 4.69) is 14.3 Å². The molecule has 0 spiro atoms. The highest BCUT2D eigenvalue weighted by Crippen LogP contribution is 2.29. The zero-order valence-electron chi connectivity index (χ0n) is 14.1. The molecule has 0 radical (unpaired) electrons. The Morgan fingerprint density at radius 2 is 2.00 bits per heavy atom. The maximum atomic E-state index is 12.6. The van der Waals surface area contributed by atoms with Crippen molar-refractivity contribution in [3.63, 3.8) is 0 Å². The van der Waals surface area contributed by atoms with E-state index in [1.54, 1.807) is 6.92 Å². The van der Waals surface area contributed by atoms with Crippen LogP contribution in [0.4, 0.5) is 13.2 Å². The molecule has 8 nitrogen and oxygen atoms in total. The standard InChI is InChI=1S/C14H16F3N3O5S/c1-4-24-13(21)9-5-11(25-26(22,23)14(15,16)17)19-12-10(9)6-18-20(12)7-8(2)3/h5-6,8H,4,7H2,1-3H3. The second-order valence-corrected chi connectivity index (χ2v) is 7.21. The van der Waals surface area contributed by atoms with Crippen LogP contribution in [-0.2, 0) is 21.4 Å². The minimum absolute atomic E-state index is 0.0108. The normalized spacial score (nSPS) is 12.6. The average Bonchev–Trinajstić information content (AvgIpc) is 2.87. The van der Waals surface area contributed by atoms with Crippen molar-refractivity contribution in [2.24, 2.45) is 5.92 Å². The topological polar surface area (TPSA) is 100 Å². The SMILES string of the molecule is CCOC(=O)c1cc(OS(=O)(=O)C(F)(F)F)nc2c1cnn2CC(C)C. The van der Waals surface area contributed by atoms with Crippen LogP contribution < -0.4 is 4.18 Å². The lowest BCUT2D eigenvalue weighted by atomic mass is 10.2. The molecule has 12 heteroatoms. The van der Waals surface area contributed by atoms with Gasteiger partial charge in [0, 0.05) is 12.6 Å². The van der Waals surface area contributed by atoms with Crippen LogP contribution in [0.3, 0.4) is 0 Å². The van der Waals surface area contributed by atoms with Crippen LogP contribution >= 0.6 is 0 Å². The van der Waals surface area contributed by atoms with Gasteiger partial charge in [0.15, 0.2) is 5.65 Å². The molecular formula is C14H16F3N3O5S. The maximum absolute atomic E-state index is 12.6. The molecule has 2 aromatic rings. The molecule has 0 N–H and O–H groups in total. The fourth-order valence-electron chi connectivity index (χ4n) is 2.08. The molecular weight excluding hydrogens is 379 g/mol. The van der Waals surface area contributed by atoms with Gasteiger partial charge >= 0.3 is 21.6 Å². The Labute approximate surface area is 147 Å². The van der Waals surface area contributed by atoms with Crippen LogP contribution in [0.2, 0.25) is 0 Å². The molecule has 144 valence electrons. The molecule has 2 heterocycles. The molecule has 26 heavy (non-hydrogen) atoms. The van der Waals surface area contributed by atoms with Gasteiger partial charge in [-0.3, -0.25) is 0 Å². The van der Waals surface area contributed by atoms with Gasteiger partial charge in [0.05, 0.1) is 23.8 Å². The fraction of sp³-hybridized carbons (Fsp3) is 0.500. The van der Waals surface area contributed by atoms with Gasteiger partial charge in [-0.15, -0.1) is 0 Å². The van der Waals surface area contributed by atoms with E-state index in [0.717, 1.165) is 6.07 Å². The predicted octanol–water partition coefficient (Wildman–Crippen LogP) is 2.49. The maximum Gasteiger partial charge on any atom is 0.534 e. The Hall–Kier alpha value is -2.37. The van der Waals surface area contributed by atoms with E-state index in [1.807, 2.05) is 13.8 Å². The number of hydrogen-bond acceptors (Lipinski definition) is 7. The summed E-state index contributed by atoms with van der Waals surface area (Å²) in [6.07, 6.45) is 1.30. The number of rotatable bonds is 6. The lowest BCUT2D eigenvalue weighted by Crippen LogP contribution is -2.28. The molecule has 0 saturated carbocycles. The quantitative estimate of drug-likeness (QED) is 0.421. The molecule has 2 aromatic heterocycles. The van der Waals surface area contributed by atoms with Crippen molar-refractivity contribution in [2.75, 3.05) is 6.61 Å². The summed E-state index contributed by atoms with van der Waals surface area (Å²) in [5.41, 5.74) is -5.82. The summed E-state index contributed by atoms with van der Waals surface area (Å²) in [5, 5.41) is 4.25. The van der Waals surface area contributed by atoms with Crippen molar-refractivity contribution >= 4 is 27.1 Å². The molecule has 0 bridgehead atoms. The third kappa shape index (κ3) is 4.06. The van der Waals surface area contributed by atoms with Crippen LogP contribution in [0.15, 0.2) is 12.3 Å². The van der Waals surface area contributed by atoms with Gasteiger partial charge in [0.2, 0.25) is 5.88 Å². The molecule has 0 aromatic carbocycles. The molecule has 0 aliphatic carbocycles. The first kappa shape index (κ1) is 19.9. The van der Waals surface area contributed by atoms with E-state index >= 15 is 0 Å². The van der Waals surface area contributed by atoms with Crippen molar-refractivity contribution in [2.45, 2.75) is 32.8 Å². The number of esters is 1. The van der Waals surface area contributed by atoms with Crippen molar-refractivity contribution in [1.82, 2.24) is 14.8 Å². The Balaban J connectivity index is 2.62. The average molecular weight is 395 g/mol. The second kappa shape index (κ2) is 7.09. The number of fused-ring (bicyclic) bond motifs is 1. The largest absolute Gasteiger partial charge is 0.534 e. The second-order valence-electron chi connectivity index (χ2n) is 5.67. The van der Waals surface area contributed by atoms with E-state index in [-0.39, 0.29) is 29.1 Å². The number of ether oxygens (including phenoxy) is 1. The summed E-state index contributed by atoms with van der Waals surface area (Å²) in [5.74, 6) is -1.66. The van der Waals surface area contributed by atoms with Gasteiger partial charge in [-0.2, -0.15) is 31.7 Å². The first-order valence-electron chi connectivity index (χ1n) is 7.50. The van der Waals surface area contributed by atoms with Gasteiger partial charge < -0.3 is 8.92 Å². The van der Waals surface area contributed by atoms with Gasteiger partial charge in [-0.1, -0.05) is 13.8 Å². The van der Waals surface area contributed by atoms with Gasteiger partial charge in [-0.05, 0) is 12.8 Å². The number of carbonyl (C=O) groups excluding carboxylic acids is 1. The van der Waals surface area contributed by atoms with E-state index in [4.69, 9.17) is 4.74 Å². The Morgan fingerprint density at radius 1 is 1.35 bits per heavy atom. The van der Waals surface area contributed by atoms with Crippen LogP contribution in [0.25, 0.3) is 11.0 Å². The first-order chi connectivity index (χ1) is 12.0. The minimum Gasteiger partial charge on any atom is -0.462 e. The molecule has 0 aliphatic heterocycles. The zero-order chi connectivity index (χ0) is 19.7. The van der Waals surface area contributed by atoms with Crippen LogP contribution in [0, 0.1) is 5.92 Å². The summed E-state index contributed by atoms with van der Waals surface area (Å²) in [6, 6.07) is 0.783. The predicted molar refractivity (Wildman–Crippen MR) is 83.9 cm³/mol. The number of carbonyl (C=O) groups is 1. The Bertz CT molecular complexity index is 922.